The maximum absolute atomic E-state index is 11.4. The molecular formula is C12H20N4O. The Labute approximate surface area is 101 Å². The number of aromatic amines is 1. The number of hydrogen-bond donors (Lipinski definition) is 3. The van der Waals surface area contributed by atoms with Crippen molar-refractivity contribution < 1.29 is 0 Å². The molecule has 0 unspecified atom stereocenters. The van der Waals surface area contributed by atoms with Crippen LogP contribution >= 0.6 is 0 Å². The fourth-order valence-electron chi connectivity index (χ4n) is 1.78. The fraction of sp³-hybridized carbons (Fsp3) is 0.667. The lowest BCUT2D eigenvalue weighted by Gasteiger charge is -2.06. The molecule has 1 saturated carbocycles. The Morgan fingerprint density at radius 3 is 2.94 bits per heavy atom. The van der Waals surface area contributed by atoms with Crippen LogP contribution in [0, 0.1) is 0 Å². The molecule has 5 nitrogen and oxygen atoms in total. The van der Waals surface area contributed by atoms with Crippen molar-refractivity contribution in [2.45, 2.75) is 38.0 Å². The third-order valence-corrected chi connectivity index (χ3v) is 2.91. The molecule has 1 aliphatic rings. The van der Waals surface area contributed by atoms with Gasteiger partial charge in [-0.2, -0.15) is 0 Å². The maximum Gasteiger partial charge on any atom is 0.252 e. The van der Waals surface area contributed by atoms with E-state index in [-0.39, 0.29) is 5.56 Å². The minimum atomic E-state index is -0.0636. The van der Waals surface area contributed by atoms with E-state index >= 15 is 0 Å². The average molecular weight is 236 g/mol. The van der Waals surface area contributed by atoms with Crippen LogP contribution in [0.25, 0.3) is 0 Å². The van der Waals surface area contributed by atoms with Crippen molar-refractivity contribution in [1.82, 2.24) is 9.97 Å². The fourth-order valence-corrected chi connectivity index (χ4v) is 1.78. The third kappa shape index (κ3) is 3.85. The van der Waals surface area contributed by atoms with Crippen LogP contribution in [0.5, 0.6) is 0 Å². The van der Waals surface area contributed by atoms with Gasteiger partial charge < -0.3 is 16.0 Å². The first kappa shape index (κ1) is 12.1. The van der Waals surface area contributed by atoms with Crippen molar-refractivity contribution >= 4 is 5.82 Å². The molecule has 1 fully saturated rings. The molecule has 0 atom stereocenters. The van der Waals surface area contributed by atoms with Crippen LogP contribution in [0.3, 0.4) is 0 Å². The quantitative estimate of drug-likeness (QED) is 0.621. The van der Waals surface area contributed by atoms with Gasteiger partial charge in [0.2, 0.25) is 0 Å². The SMILES string of the molecule is NCCCCCNc1cc(=O)[nH]c(C2CC2)n1. The number of nitrogens with two attached hydrogens (primary N) is 1. The van der Waals surface area contributed by atoms with Gasteiger partial charge in [0, 0.05) is 18.5 Å². The molecule has 1 heterocycles. The Morgan fingerprint density at radius 2 is 2.24 bits per heavy atom. The lowest BCUT2D eigenvalue weighted by atomic mass is 10.2. The molecule has 0 amide bonds. The number of nitrogens with zero attached hydrogens (tertiary/aromatic N) is 1. The van der Waals surface area contributed by atoms with Crippen LogP contribution in [0.4, 0.5) is 5.82 Å². The van der Waals surface area contributed by atoms with Crippen molar-refractivity contribution in [3.05, 3.63) is 22.2 Å². The summed E-state index contributed by atoms with van der Waals surface area (Å²) < 4.78 is 0. The standard InChI is InChI=1S/C12H20N4O/c13-6-2-1-3-7-14-10-8-11(17)16-12(15-10)9-4-5-9/h8-9H,1-7,13H2,(H2,14,15,16,17). The Morgan fingerprint density at radius 1 is 1.41 bits per heavy atom. The normalized spacial score (nSPS) is 14.9. The third-order valence-electron chi connectivity index (χ3n) is 2.91. The molecule has 1 aromatic heterocycles. The Bertz CT molecular complexity index is 411. The molecule has 5 heteroatoms. The summed E-state index contributed by atoms with van der Waals surface area (Å²) in [6, 6.07) is 1.52. The first-order valence-corrected chi connectivity index (χ1v) is 6.35. The van der Waals surface area contributed by atoms with E-state index in [9.17, 15) is 4.79 Å². The number of nitrogens with one attached hydrogen (secondary N) is 2. The zero-order valence-corrected chi connectivity index (χ0v) is 10.0. The second-order valence-electron chi connectivity index (χ2n) is 4.57. The highest BCUT2D eigenvalue weighted by atomic mass is 16.1. The first-order chi connectivity index (χ1) is 8.29. The van der Waals surface area contributed by atoms with Gasteiger partial charge in [-0.15, -0.1) is 0 Å². The van der Waals surface area contributed by atoms with Crippen LogP contribution in [0.2, 0.25) is 0 Å². The summed E-state index contributed by atoms with van der Waals surface area (Å²) in [7, 11) is 0. The number of H-pyrrole nitrogens is 1. The summed E-state index contributed by atoms with van der Waals surface area (Å²) in [6.45, 7) is 1.59. The van der Waals surface area contributed by atoms with Crippen molar-refractivity contribution in [2.75, 3.05) is 18.4 Å². The zero-order valence-electron chi connectivity index (χ0n) is 10.0. The van der Waals surface area contributed by atoms with Gasteiger partial charge in [-0.1, -0.05) is 6.42 Å². The molecule has 17 heavy (non-hydrogen) atoms. The van der Waals surface area contributed by atoms with Gasteiger partial charge in [0.05, 0.1) is 0 Å². The van der Waals surface area contributed by atoms with E-state index in [0.29, 0.717) is 11.7 Å². The number of unbranched alkanes of at least 4 members (excludes halogenated alkanes) is 2. The highest BCUT2D eigenvalue weighted by molar-refractivity contribution is 5.33. The van der Waals surface area contributed by atoms with Crippen LogP contribution in [0.1, 0.15) is 43.8 Å². The molecule has 2 rings (SSSR count). The van der Waals surface area contributed by atoms with Gasteiger partial charge in [0.1, 0.15) is 11.6 Å². The van der Waals surface area contributed by atoms with Crippen LogP contribution < -0.4 is 16.6 Å². The van der Waals surface area contributed by atoms with Crippen molar-refractivity contribution in [3.63, 3.8) is 0 Å². The van der Waals surface area contributed by atoms with E-state index in [2.05, 4.69) is 15.3 Å². The first-order valence-electron chi connectivity index (χ1n) is 6.35. The highest BCUT2D eigenvalue weighted by Gasteiger charge is 2.26. The minimum absolute atomic E-state index is 0.0636. The van der Waals surface area contributed by atoms with Gasteiger partial charge in [0.25, 0.3) is 5.56 Å². The highest BCUT2D eigenvalue weighted by Crippen LogP contribution is 2.37. The molecule has 0 radical (unpaired) electrons. The van der Waals surface area contributed by atoms with Crippen molar-refractivity contribution in [2.24, 2.45) is 5.73 Å². The Kier molecular flexibility index (Phi) is 4.14. The van der Waals surface area contributed by atoms with E-state index in [4.69, 9.17) is 5.73 Å². The number of hydrogen-bond acceptors (Lipinski definition) is 4. The largest absolute Gasteiger partial charge is 0.370 e. The maximum atomic E-state index is 11.4. The molecule has 94 valence electrons. The van der Waals surface area contributed by atoms with E-state index in [1.807, 2.05) is 0 Å². The number of rotatable bonds is 7. The second kappa shape index (κ2) is 5.82. The van der Waals surface area contributed by atoms with Gasteiger partial charge >= 0.3 is 0 Å². The van der Waals surface area contributed by atoms with Gasteiger partial charge in [-0.05, 0) is 32.2 Å². The molecule has 0 saturated heterocycles. The summed E-state index contributed by atoms with van der Waals surface area (Å²) in [5, 5.41) is 3.20. The summed E-state index contributed by atoms with van der Waals surface area (Å²) in [4.78, 5) is 18.6. The molecule has 0 aliphatic heterocycles. The lowest BCUT2D eigenvalue weighted by molar-refractivity contribution is 0.705. The minimum Gasteiger partial charge on any atom is -0.370 e. The number of aromatic nitrogens is 2. The zero-order chi connectivity index (χ0) is 12.1. The van der Waals surface area contributed by atoms with Crippen LogP contribution in [-0.2, 0) is 0 Å². The summed E-state index contributed by atoms with van der Waals surface area (Å²) in [5.74, 6) is 2.01. The molecule has 0 spiro atoms. The van der Waals surface area contributed by atoms with E-state index in [1.165, 1.54) is 6.07 Å². The molecule has 0 aromatic carbocycles. The van der Waals surface area contributed by atoms with Gasteiger partial charge in [-0.3, -0.25) is 4.79 Å². The number of anilines is 1. The van der Waals surface area contributed by atoms with E-state index in [1.54, 1.807) is 0 Å². The van der Waals surface area contributed by atoms with E-state index in [0.717, 1.165) is 51.0 Å². The van der Waals surface area contributed by atoms with Crippen LogP contribution in [-0.4, -0.2) is 23.1 Å². The summed E-state index contributed by atoms with van der Waals surface area (Å²) >= 11 is 0. The smallest absolute Gasteiger partial charge is 0.252 e. The van der Waals surface area contributed by atoms with Crippen LogP contribution in [0.15, 0.2) is 10.9 Å². The molecule has 1 aliphatic carbocycles. The van der Waals surface area contributed by atoms with Crippen molar-refractivity contribution in [3.8, 4) is 0 Å². The van der Waals surface area contributed by atoms with E-state index < -0.39 is 0 Å². The second-order valence-corrected chi connectivity index (χ2v) is 4.57. The molecular weight excluding hydrogens is 216 g/mol. The predicted octanol–water partition coefficient (Wildman–Crippen LogP) is 1.19. The van der Waals surface area contributed by atoms with Gasteiger partial charge in [-0.25, -0.2) is 4.98 Å². The van der Waals surface area contributed by atoms with Gasteiger partial charge in [0.15, 0.2) is 0 Å². The predicted molar refractivity (Wildman–Crippen MR) is 68.2 cm³/mol. The Balaban J connectivity index is 1.85. The van der Waals surface area contributed by atoms with Crippen molar-refractivity contribution in [1.29, 1.82) is 0 Å². The lowest BCUT2D eigenvalue weighted by Crippen LogP contribution is -2.14. The summed E-state index contributed by atoms with van der Waals surface area (Å²) in [5.41, 5.74) is 5.36. The Hall–Kier alpha value is -1.36. The average Bonchev–Trinajstić information content (AvgIpc) is 3.12. The monoisotopic (exact) mass is 236 g/mol. The summed E-state index contributed by atoms with van der Waals surface area (Å²) in [6.07, 6.45) is 5.51. The topological polar surface area (TPSA) is 83.8 Å². The molecule has 0 bridgehead atoms. The molecule has 4 N–H and O–H groups in total. The molecule has 1 aromatic rings.